The molecule has 1 N–H and O–H groups in total. The zero-order chi connectivity index (χ0) is 17.8. The molecule has 3 heterocycles. The Morgan fingerprint density at radius 2 is 1.84 bits per heavy atom. The number of nitrogens with one attached hydrogen (secondary N) is 1. The minimum absolute atomic E-state index is 0.0481. The van der Waals surface area contributed by atoms with Crippen LogP contribution in [0.5, 0.6) is 0 Å². The number of carbonyl (C=O) groups excluding carboxylic acids is 1. The fourth-order valence-electron chi connectivity index (χ4n) is 2.82. The summed E-state index contributed by atoms with van der Waals surface area (Å²) in [5.41, 5.74) is 1.14. The minimum atomic E-state index is 0.0481. The molecule has 2 aromatic rings. The Morgan fingerprint density at radius 1 is 1.08 bits per heavy atom. The summed E-state index contributed by atoms with van der Waals surface area (Å²) < 4.78 is 0. The molecule has 0 spiro atoms. The van der Waals surface area contributed by atoms with Crippen LogP contribution in [0.4, 0.5) is 17.5 Å². The second-order valence-electron chi connectivity index (χ2n) is 6.59. The van der Waals surface area contributed by atoms with Gasteiger partial charge in [-0.25, -0.2) is 4.98 Å². The van der Waals surface area contributed by atoms with Crippen molar-refractivity contribution >= 4 is 23.4 Å². The van der Waals surface area contributed by atoms with Crippen LogP contribution in [0.3, 0.4) is 0 Å². The fourth-order valence-corrected chi connectivity index (χ4v) is 2.82. The average Bonchev–Trinajstić information content (AvgIpc) is 2.62. The number of aryl methyl sites for hydroxylation is 1. The highest BCUT2D eigenvalue weighted by Crippen LogP contribution is 2.17. The van der Waals surface area contributed by atoms with Crippen LogP contribution < -0.4 is 10.2 Å². The molecule has 1 saturated heterocycles. The molecule has 1 amide bonds. The normalized spacial score (nSPS) is 14.7. The van der Waals surface area contributed by atoms with Gasteiger partial charge in [0.2, 0.25) is 5.91 Å². The van der Waals surface area contributed by atoms with Crippen LogP contribution in [-0.4, -0.2) is 52.2 Å². The minimum Gasteiger partial charge on any atom is -0.352 e. The Labute approximate surface area is 148 Å². The van der Waals surface area contributed by atoms with Gasteiger partial charge in [0.15, 0.2) is 11.6 Å². The highest BCUT2D eigenvalue weighted by Gasteiger charge is 2.23. The van der Waals surface area contributed by atoms with E-state index in [1.165, 1.54) is 0 Å². The van der Waals surface area contributed by atoms with E-state index < -0.39 is 0 Å². The largest absolute Gasteiger partial charge is 0.352 e. The summed E-state index contributed by atoms with van der Waals surface area (Å²) in [7, 11) is 0. The summed E-state index contributed by atoms with van der Waals surface area (Å²) in [4.78, 5) is 20.4. The Balaban J connectivity index is 1.59. The monoisotopic (exact) mass is 340 g/mol. The van der Waals surface area contributed by atoms with Crippen molar-refractivity contribution in [2.24, 2.45) is 5.92 Å². The lowest BCUT2D eigenvalue weighted by Crippen LogP contribution is -2.50. The van der Waals surface area contributed by atoms with Crippen molar-refractivity contribution in [1.82, 2.24) is 20.1 Å². The van der Waals surface area contributed by atoms with E-state index in [1.807, 2.05) is 49.9 Å². The molecule has 0 aromatic carbocycles. The van der Waals surface area contributed by atoms with E-state index in [9.17, 15) is 4.79 Å². The summed E-state index contributed by atoms with van der Waals surface area (Å²) in [6.07, 6.45) is 1.76. The molecule has 0 atom stereocenters. The van der Waals surface area contributed by atoms with Crippen molar-refractivity contribution in [3.8, 4) is 0 Å². The van der Waals surface area contributed by atoms with Gasteiger partial charge in [0.25, 0.3) is 0 Å². The SMILES string of the molecule is Cc1ccnc(Nc2ccc(N3CCN(C(=O)C(C)C)CC3)nn2)c1. The van der Waals surface area contributed by atoms with Crippen LogP contribution in [0.1, 0.15) is 19.4 Å². The summed E-state index contributed by atoms with van der Waals surface area (Å²) in [6, 6.07) is 7.76. The van der Waals surface area contributed by atoms with E-state index in [4.69, 9.17) is 0 Å². The van der Waals surface area contributed by atoms with Crippen molar-refractivity contribution in [3.63, 3.8) is 0 Å². The van der Waals surface area contributed by atoms with Crippen LogP contribution in [-0.2, 0) is 4.79 Å². The van der Waals surface area contributed by atoms with Gasteiger partial charge in [-0.1, -0.05) is 13.8 Å². The molecule has 0 unspecified atom stereocenters. The molecule has 7 heteroatoms. The van der Waals surface area contributed by atoms with Gasteiger partial charge in [0.1, 0.15) is 5.82 Å². The second-order valence-corrected chi connectivity index (χ2v) is 6.59. The van der Waals surface area contributed by atoms with Crippen molar-refractivity contribution < 1.29 is 4.79 Å². The molecule has 1 aliphatic heterocycles. The molecule has 132 valence electrons. The summed E-state index contributed by atoms with van der Waals surface area (Å²) in [6.45, 7) is 8.91. The van der Waals surface area contributed by atoms with Crippen LogP contribution >= 0.6 is 0 Å². The number of piperazine rings is 1. The number of hydrogen-bond donors (Lipinski definition) is 1. The Kier molecular flexibility index (Phi) is 5.11. The van der Waals surface area contributed by atoms with Crippen LogP contribution in [0.2, 0.25) is 0 Å². The second kappa shape index (κ2) is 7.46. The van der Waals surface area contributed by atoms with E-state index >= 15 is 0 Å². The van der Waals surface area contributed by atoms with Gasteiger partial charge in [-0.05, 0) is 36.8 Å². The van der Waals surface area contributed by atoms with Gasteiger partial charge in [0, 0.05) is 38.3 Å². The topological polar surface area (TPSA) is 74.2 Å². The molecule has 0 radical (unpaired) electrons. The maximum Gasteiger partial charge on any atom is 0.225 e. The number of rotatable bonds is 4. The lowest BCUT2D eigenvalue weighted by Gasteiger charge is -2.36. The average molecular weight is 340 g/mol. The molecule has 0 bridgehead atoms. The highest BCUT2D eigenvalue weighted by molar-refractivity contribution is 5.78. The van der Waals surface area contributed by atoms with E-state index in [0.29, 0.717) is 5.82 Å². The van der Waals surface area contributed by atoms with Crippen LogP contribution in [0.25, 0.3) is 0 Å². The standard InChI is InChI=1S/C18H24N6O/c1-13(2)18(25)24-10-8-23(9-11-24)17-5-4-15(21-22-17)20-16-12-14(3)6-7-19-16/h4-7,12-13H,8-11H2,1-3H3,(H,19,20,21). The third-order valence-corrected chi connectivity index (χ3v) is 4.23. The molecule has 25 heavy (non-hydrogen) atoms. The van der Waals surface area contributed by atoms with Gasteiger partial charge >= 0.3 is 0 Å². The summed E-state index contributed by atoms with van der Waals surface area (Å²) in [5, 5.41) is 11.7. The molecular weight excluding hydrogens is 316 g/mol. The van der Waals surface area contributed by atoms with Crippen molar-refractivity contribution in [2.45, 2.75) is 20.8 Å². The Hall–Kier alpha value is -2.70. The van der Waals surface area contributed by atoms with E-state index in [1.54, 1.807) is 6.20 Å². The number of pyridine rings is 1. The molecule has 1 fully saturated rings. The Bertz CT molecular complexity index is 723. The van der Waals surface area contributed by atoms with Gasteiger partial charge in [-0.3, -0.25) is 4.79 Å². The van der Waals surface area contributed by atoms with E-state index in [-0.39, 0.29) is 11.8 Å². The number of nitrogens with zero attached hydrogens (tertiary/aromatic N) is 5. The first-order valence-electron chi connectivity index (χ1n) is 8.60. The quantitative estimate of drug-likeness (QED) is 0.920. The third-order valence-electron chi connectivity index (χ3n) is 4.23. The fraction of sp³-hybridized carbons (Fsp3) is 0.444. The van der Waals surface area contributed by atoms with Crippen molar-refractivity contribution in [3.05, 3.63) is 36.0 Å². The Morgan fingerprint density at radius 3 is 2.44 bits per heavy atom. The van der Waals surface area contributed by atoms with Crippen molar-refractivity contribution in [1.29, 1.82) is 0 Å². The number of anilines is 3. The molecule has 1 aliphatic rings. The van der Waals surface area contributed by atoms with E-state index in [2.05, 4.69) is 25.4 Å². The van der Waals surface area contributed by atoms with Crippen LogP contribution in [0, 0.1) is 12.8 Å². The number of amides is 1. The summed E-state index contributed by atoms with van der Waals surface area (Å²) >= 11 is 0. The first-order valence-corrected chi connectivity index (χ1v) is 8.60. The molecule has 3 rings (SSSR count). The van der Waals surface area contributed by atoms with Gasteiger partial charge < -0.3 is 15.1 Å². The molecular formula is C18H24N6O. The predicted molar refractivity (Wildman–Crippen MR) is 97.9 cm³/mol. The number of aromatic nitrogens is 3. The molecule has 0 aliphatic carbocycles. The lowest BCUT2D eigenvalue weighted by atomic mass is 10.1. The summed E-state index contributed by atoms with van der Waals surface area (Å²) in [5.74, 6) is 2.51. The third kappa shape index (κ3) is 4.23. The number of hydrogen-bond acceptors (Lipinski definition) is 6. The van der Waals surface area contributed by atoms with Gasteiger partial charge in [-0.2, -0.15) is 0 Å². The maximum absolute atomic E-state index is 12.0. The predicted octanol–water partition coefficient (Wildman–Crippen LogP) is 2.23. The maximum atomic E-state index is 12.0. The molecule has 0 saturated carbocycles. The highest BCUT2D eigenvalue weighted by atomic mass is 16.2. The first kappa shape index (κ1) is 17.1. The number of carbonyl (C=O) groups is 1. The van der Waals surface area contributed by atoms with Crippen LogP contribution in [0.15, 0.2) is 30.5 Å². The van der Waals surface area contributed by atoms with E-state index in [0.717, 1.165) is 43.4 Å². The molecule has 2 aromatic heterocycles. The first-order chi connectivity index (χ1) is 12.0. The zero-order valence-corrected chi connectivity index (χ0v) is 14.9. The smallest absolute Gasteiger partial charge is 0.225 e. The van der Waals surface area contributed by atoms with Gasteiger partial charge in [-0.15, -0.1) is 10.2 Å². The zero-order valence-electron chi connectivity index (χ0n) is 14.9. The van der Waals surface area contributed by atoms with Gasteiger partial charge in [0.05, 0.1) is 0 Å². The van der Waals surface area contributed by atoms with Crippen molar-refractivity contribution in [2.75, 3.05) is 36.4 Å². The lowest BCUT2D eigenvalue weighted by molar-refractivity contribution is -0.134. The molecule has 7 nitrogen and oxygen atoms in total.